The van der Waals surface area contributed by atoms with Crippen molar-refractivity contribution in [1.29, 1.82) is 0 Å². The summed E-state index contributed by atoms with van der Waals surface area (Å²) in [4.78, 5) is 14.1. The molecule has 6 nitrogen and oxygen atoms in total. The highest BCUT2D eigenvalue weighted by molar-refractivity contribution is 8.08. The molecule has 8 heteroatoms. The first-order valence-corrected chi connectivity index (χ1v) is 12.3. The molecule has 2 atom stereocenters. The molecule has 30 heavy (non-hydrogen) atoms. The van der Waals surface area contributed by atoms with Crippen LogP contribution in [-0.4, -0.2) is 45.2 Å². The fourth-order valence-corrected chi connectivity index (χ4v) is 6.97. The Morgan fingerprint density at radius 3 is 3.00 bits per heavy atom. The molecule has 3 aliphatic heterocycles. The van der Waals surface area contributed by atoms with Crippen LogP contribution in [-0.2, 0) is 4.74 Å². The zero-order chi connectivity index (χ0) is 20.1. The fourth-order valence-electron chi connectivity index (χ4n) is 5.05. The van der Waals surface area contributed by atoms with Gasteiger partial charge in [0.2, 0.25) is 0 Å². The number of imidazole rings is 1. The number of nitrogens with zero attached hydrogens (tertiary/aromatic N) is 4. The zero-order valence-corrected chi connectivity index (χ0v) is 18.6. The van der Waals surface area contributed by atoms with Gasteiger partial charge >= 0.3 is 0 Å². The van der Waals surface area contributed by atoms with Crippen LogP contribution < -0.4 is 5.32 Å². The molecule has 0 radical (unpaired) electrons. The second-order valence-electron chi connectivity index (χ2n) is 8.63. The number of aromatic nitrogens is 3. The Labute approximate surface area is 184 Å². The van der Waals surface area contributed by atoms with Crippen LogP contribution in [0.5, 0.6) is 0 Å². The molecular weight excluding hydrogens is 414 g/mol. The molecule has 0 bridgehead atoms. The molecule has 5 heterocycles. The van der Waals surface area contributed by atoms with Gasteiger partial charge in [-0.1, -0.05) is 17.8 Å². The molecule has 2 fully saturated rings. The van der Waals surface area contributed by atoms with Gasteiger partial charge in [0.1, 0.15) is 0 Å². The van der Waals surface area contributed by atoms with Crippen LogP contribution in [0.1, 0.15) is 38.3 Å². The van der Waals surface area contributed by atoms with Gasteiger partial charge in [0.25, 0.3) is 0 Å². The summed E-state index contributed by atoms with van der Waals surface area (Å²) in [5.41, 5.74) is 3.37. The fraction of sp³-hybridized carbons (Fsp3) is 0.455. The van der Waals surface area contributed by atoms with Gasteiger partial charge < -0.3 is 10.1 Å². The second-order valence-corrected chi connectivity index (χ2v) is 10.6. The van der Waals surface area contributed by atoms with Gasteiger partial charge in [-0.3, -0.25) is 9.47 Å². The number of hydrogen-bond donors (Lipinski definition) is 1. The number of thioether (sulfide) groups is 1. The van der Waals surface area contributed by atoms with Gasteiger partial charge in [0, 0.05) is 36.6 Å². The number of ether oxygens (including phenoxy) is 1. The van der Waals surface area contributed by atoms with Gasteiger partial charge in [0.15, 0.2) is 12.1 Å². The summed E-state index contributed by atoms with van der Waals surface area (Å²) in [5.74, 6) is 1.03. The van der Waals surface area contributed by atoms with Gasteiger partial charge in [-0.05, 0) is 43.7 Å². The third-order valence-electron chi connectivity index (χ3n) is 6.66. The van der Waals surface area contributed by atoms with E-state index in [0.29, 0.717) is 11.5 Å². The van der Waals surface area contributed by atoms with E-state index in [1.54, 1.807) is 23.1 Å². The number of hydrogen-bond acceptors (Lipinski definition) is 7. The number of piperidine rings is 1. The minimum Gasteiger partial charge on any atom is -0.378 e. The van der Waals surface area contributed by atoms with E-state index in [9.17, 15) is 0 Å². The van der Waals surface area contributed by atoms with Crippen LogP contribution in [0.4, 0.5) is 0 Å². The molecule has 0 amide bonds. The zero-order valence-electron chi connectivity index (χ0n) is 17.0. The van der Waals surface area contributed by atoms with Crippen molar-refractivity contribution in [3.05, 3.63) is 48.1 Å². The second kappa shape index (κ2) is 7.37. The largest absolute Gasteiger partial charge is 0.378 e. The summed E-state index contributed by atoms with van der Waals surface area (Å²) in [5, 5.41) is 3.65. The number of likely N-dealkylation sites (tertiary alicyclic amines) is 1. The Morgan fingerprint density at radius 1 is 1.27 bits per heavy atom. The molecule has 1 unspecified atom stereocenters. The maximum Gasteiger partial charge on any atom is 0.162 e. The van der Waals surface area contributed by atoms with Crippen molar-refractivity contribution in [3.63, 3.8) is 0 Å². The number of nitrogens with one attached hydrogen (secondary N) is 1. The van der Waals surface area contributed by atoms with Gasteiger partial charge in [-0.25, -0.2) is 9.97 Å². The lowest BCUT2D eigenvalue weighted by Crippen LogP contribution is -2.48. The highest BCUT2D eigenvalue weighted by Gasteiger charge is 2.42. The Balaban J connectivity index is 1.21. The van der Waals surface area contributed by atoms with E-state index >= 15 is 0 Å². The third kappa shape index (κ3) is 3.17. The molecule has 1 N–H and O–H groups in total. The van der Waals surface area contributed by atoms with E-state index in [4.69, 9.17) is 9.72 Å². The molecule has 6 rings (SSSR count). The Kier molecular flexibility index (Phi) is 4.63. The highest BCUT2D eigenvalue weighted by Crippen LogP contribution is 2.44. The summed E-state index contributed by atoms with van der Waals surface area (Å²) >= 11 is 3.45. The van der Waals surface area contributed by atoms with Crippen LogP contribution in [0.25, 0.3) is 15.1 Å². The molecule has 1 spiro atoms. The molecule has 0 saturated carbocycles. The van der Waals surface area contributed by atoms with Crippen molar-refractivity contribution in [1.82, 2.24) is 24.8 Å². The molecular formula is C22H25N5OS2. The standard InChI is InChI=1S/C22H25N5OS2/c1-15-11-22(13-28-15)5-8-26(9-6-22)21-24-12-18(20-23-7-10-27(20)21)30-17-4-2-3-16-19(17)29-14-25-16/h2-4,7,10,12,14-15,21,24H,5-6,8-9,11,13H2,1H3/t15-,21?/m0/s1. The molecule has 1 aromatic carbocycles. The Bertz CT molecular complexity index is 1100. The van der Waals surface area contributed by atoms with Crippen molar-refractivity contribution in [2.24, 2.45) is 5.41 Å². The molecule has 3 aromatic rings. The van der Waals surface area contributed by atoms with E-state index in [0.717, 1.165) is 35.9 Å². The summed E-state index contributed by atoms with van der Waals surface area (Å²) in [6.07, 6.45) is 10.3. The van der Waals surface area contributed by atoms with Crippen molar-refractivity contribution < 1.29 is 4.74 Å². The first kappa shape index (κ1) is 18.9. The quantitative estimate of drug-likeness (QED) is 0.647. The Morgan fingerprint density at radius 2 is 2.17 bits per heavy atom. The van der Waals surface area contributed by atoms with Crippen molar-refractivity contribution >= 4 is 38.2 Å². The summed E-state index contributed by atoms with van der Waals surface area (Å²) in [6.45, 7) is 5.31. The first-order valence-electron chi connectivity index (χ1n) is 10.6. The highest BCUT2D eigenvalue weighted by atomic mass is 32.2. The van der Waals surface area contributed by atoms with Crippen molar-refractivity contribution in [2.75, 3.05) is 19.7 Å². The molecule has 3 aliphatic rings. The average molecular weight is 440 g/mol. The lowest BCUT2D eigenvalue weighted by Gasteiger charge is -2.43. The normalized spacial score (nSPS) is 26.0. The van der Waals surface area contributed by atoms with Crippen LogP contribution >= 0.6 is 23.1 Å². The lowest BCUT2D eigenvalue weighted by atomic mass is 9.77. The third-order valence-corrected chi connectivity index (χ3v) is 8.74. The average Bonchev–Trinajstić information content (AvgIpc) is 3.50. The van der Waals surface area contributed by atoms with Crippen LogP contribution in [0.15, 0.2) is 47.2 Å². The molecule has 156 valence electrons. The molecule has 2 saturated heterocycles. The minimum absolute atomic E-state index is 0.128. The van der Waals surface area contributed by atoms with E-state index < -0.39 is 0 Å². The SMILES string of the molecule is C[C@H]1CC2(CCN(C3NC=C(Sc4cccc5ncsc45)c4nccn43)CC2)CO1. The van der Waals surface area contributed by atoms with Gasteiger partial charge in [-0.15, -0.1) is 11.3 Å². The van der Waals surface area contributed by atoms with E-state index in [1.165, 1.54) is 28.9 Å². The molecule has 2 aromatic heterocycles. The smallest absolute Gasteiger partial charge is 0.162 e. The maximum absolute atomic E-state index is 5.90. The summed E-state index contributed by atoms with van der Waals surface area (Å²) in [7, 11) is 0. The summed E-state index contributed by atoms with van der Waals surface area (Å²) < 4.78 is 9.41. The number of benzene rings is 1. The lowest BCUT2D eigenvalue weighted by molar-refractivity contribution is 0.0253. The predicted octanol–water partition coefficient (Wildman–Crippen LogP) is 4.53. The molecule has 0 aliphatic carbocycles. The first-order chi connectivity index (χ1) is 14.7. The van der Waals surface area contributed by atoms with Gasteiger partial charge in [-0.2, -0.15) is 0 Å². The van der Waals surface area contributed by atoms with Crippen molar-refractivity contribution in [3.8, 4) is 0 Å². The van der Waals surface area contributed by atoms with Crippen LogP contribution in [0.3, 0.4) is 0 Å². The van der Waals surface area contributed by atoms with Crippen molar-refractivity contribution in [2.45, 2.75) is 43.5 Å². The predicted molar refractivity (Wildman–Crippen MR) is 121 cm³/mol. The topological polar surface area (TPSA) is 55.2 Å². The monoisotopic (exact) mass is 439 g/mol. The van der Waals surface area contributed by atoms with E-state index in [1.807, 2.05) is 11.7 Å². The Hall–Kier alpha value is -1.87. The summed E-state index contributed by atoms with van der Waals surface area (Å²) in [6, 6.07) is 6.31. The number of thiazole rings is 1. The van der Waals surface area contributed by atoms with Crippen LogP contribution in [0, 0.1) is 5.41 Å². The maximum atomic E-state index is 5.90. The van der Waals surface area contributed by atoms with Crippen LogP contribution in [0.2, 0.25) is 0 Å². The number of rotatable bonds is 3. The van der Waals surface area contributed by atoms with E-state index in [2.05, 4.69) is 57.3 Å². The van der Waals surface area contributed by atoms with Gasteiger partial charge in [0.05, 0.1) is 33.3 Å². The number of fused-ring (bicyclic) bond motifs is 2. The van der Waals surface area contributed by atoms with E-state index in [-0.39, 0.29) is 6.29 Å². The minimum atomic E-state index is 0.128.